The van der Waals surface area contributed by atoms with Crippen molar-refractivity contribution in [1.29, 1.82) is 0 Å². The minimum Gasteiger partial charge on any atom is -0.478 e. The van der Waals surface area contributed by atoms with Gasteiger partial charge in [0.2, 0.25) is 5.88 Å². The van der Waals surface area contributed by atoms with E-state index in [0.717, 1.165) is 0 Å². The first-order valence-electron chi connectivity index (χ1n) is 6.09. The van der Waals surface area contributed by atoms with Crippen molar-refractivity contribution in [3.8, 4) is 5.88 Å². The molecular weight excluding hydrogens is 314 g/mol. The predicted molar refractivity (Wildman–Crippen MR) is 82.1 cm³/mol. The summed E-state index contributed by atoms with van der Waals surface area (Å²) < 4.78 is 32.0. The van der Waals surface area contributed by atoms with E-state index in [1.54, 1.807) is 12.1 Å². The number of anilines is 2. The fourth-order valence-electron chi connectivity index (χ4n) is 1.56. The summed E-state index contributed by atoms with van der Waals surface area (Å²) in [5, 5.41) is 0.183. The van der Waals surface area contributed by atoms with E-state index >= 15 is 0 Å². The second-order valence-corrected chi connectivity index (χ2v) is 6.20. The third kappa shape index (κ3) is 3.77. The Hall–Kier alpha value is -1.99. The van der Waals surface area contributed by atoms with Gasteiger partial charge in [0.1, 0.15) is 0 Å². The van der Waals surface area contributed by atoms with Crippen LogP contribution < -0.4 is 15.2 Å². The van der Waals surface area contributed by atoms with Gasteiger partial charge in [0.15, 0.2) is 0 Å². The molecule has 112 valence electrons. The van der Waals surface area contributed by atoms with E-state index in [1.165, 1.54) is 24.4 Å². The molecule has 0 radical (unpaired) electrons. The molecule has 0 fully saturated rings. The van der Waals surface area contributed by atoms with Crippen LogP contribution in [0, 0.1) is 0 Å². The molecule has 0 bridgehead atoms. The number of halogens is 1. The van der Waals surface area contributed by atoms with E-state index in [2.05, 4.69) is 9.71 Å². The zero-order valence-corrected chi connectivity index (χ0v) is 12.8. The third-order valence-corrected chi connectivity index (χ3v) is 4.27. The van der Waals surface area contributed by atoms with E-state index in [4.69, 9.17) is 22.1 Å². The van der Waals surface area contributed by atoms with E-state index in [1.807, 2.05) is 6.92 Å². The van der Waals surface area contributed by atoms with Crippen LogP contribution in [0.25, 0.3) is 0 Å². The molecule has 1 aromatic heterocycles. The Bertz CT molecular complexity index is 733. The van der Waals surface area contributed by atoms with Crippen molar-refractivity contribution in [3.63, 3.8) is 0 Å². The molecule has 0 aliphatic carbocycles. The number of benzene rings is 1. The molecule has 3 N–H and O–H groups in total. The molecular formula is C13H14ClN3O3S. The van der Waals surface area contributed by atoms with Gasteiger partial charge in [0, 0.05) is 6.07 Å². The highest BCUT2D eigenvalue weighted by Crippen LogP contribution is 2.24. The highest BCUT2D eigenvalue weighted by atomic mass is 35.5. The maximum absolute atomic E-state index is 12.2. The van der Waals surface area contributed by atoms with Gasteiger partial charge in [-0.25, -0.2) is 13.4 Å². The van der Waals surface area contributed by atoms with Gasteiger partial charge in [-0.05, 0) is 31.2 Å². The number of hydrogen-bond donors (Lipinski definition) is 2. The van der Waals surface area contributed by atoms with Crippen LogP contribution in [0.5, 0.6) is 5.88 Å². The number of pyridine rings is 1. The monoisotopic (exact) mass is 327 g/mol. The number of ether oxygens (including phenoxy) is 1. The van der Waals surface area contributed by atoms with Crippen molar-refractivity contribution >= 4 is 33.0 Å². The minimum atomic E-state index is -3.75. The fraction of sp³-hybridized carbons (Fsp3) is 0.154. The van der Waals surface area contributed by atoms with Crippen LogP contribution in [0.4, 0.5) is 11.4 Å². The molecule has 0 aliphatic heterocycles. The number of sulfonamides is 1. The summed E-state index contributed by atoms with van der Waals surface area (Å²) in [4.78, 5) is 4.01. The predicted octanol–water partition coefficient (Wildman–Crippen LogP) is 2.52. The van der Waals surface area contributed by atoms with Crippen molar-refractivity contribution in [1.82, 2.24) is 4.98 Å². The minimum absolute atomic E-state index is 0.0237. The number of nitrogens with zero attached hydrogens (tertiary/aromatic N) is 1. The molecule has 0 unspecified atom stereocenters. The van der Waals surface area contributed by atoms with Crippen LogP contribution in [-0.4, -0.2) is 20.0 Å². The van der Waals surface area contributed by atoms with Crippen LogP contribution >= 0.6 is 11.6 Å². The fourth-order valence-corrected chi connectivity index (χ4v) is 2.88. The smallest absolute Gasteiger partial charge is 0.261 e. The van der Waals surface area contributed by atoms with E-state index < -0.39 is 10.0 Å². The lowest BCUT2D eigenvalue weighted by atomic mass is 10.3. The molecule has 2 aromatic rings. The number of nitrogen functional groups attached to an aromatic ring is 1. The average molecular weight is 328 g/mol. The summed E-state index contributed by atoms with van der Waals surface area (Å²) >= 11 is 5.83. The normalized spacial score (nSPS) is 11.1. The molecule has 0 saturated heterocycles. The molecule has 0 saturated carbocycles. The molecule has 2 rings (SSSR count). The highest BCUT2D eigenvalue weighted by molar-refractivity contribution is 7.92. The lowest BCUT2D eigenvalue weighted by Crippen LogP contribution is -2.13. The van der Waals surface area contributed by atoms with Crippen molar-refractivity contribution in [3.05, 3.63) is 41.6 Å². The Morgan fingerprint density at radius 2 is 2.10 bits per heavy atom. The molecule has 21 heavy (non-hydrogen) atoms. The van der Waals surface area contributed by atoms with Gasteiger partial charge < -0.3 is 10.5 Å². The molecule has 6 nitrogen and oxygen atoms in total. The Labute approximate surface area is 128 Å². The standard InChI is InChI=1S/C13H14ClN3O3S/c1-2-20-13-6-3-9(8-16-13)17-21(18,19)10-4-5-12(15)11(14)7-10/h3-8,17H,2,15H2,1H3. The van der Waals surface area contributed by atoms with E-state index in [-0.39, 0.29) is 9.92 Å². The largest absolute Gasteiger partial charge is 0.478 e. The first kappa shape index (κ1) is 15.4. The van der Waals surface area contributed by atoms with Gasteiger partial charge in [0.05, 0.1) is 34.1 Å². The summed E-state index contributed by atoms with van der Waals surface area (Å²) in [5.74, 6) is 0.427. The number of nitrogens with one attached hydrogen (secondary N) is 1. The number of nitrogens with two attached hydrogens (primary N) is 1. The summed E-state index contributed by atoms with van der Waals surface area (Å²) in [6, 6.07) is 7.26. The first-order chi connectivity index (χ1) is 9.92. The SMILES string of the molecule is CCOc1ccc(NS(=O)(=O)c2ccc(N)c(Cl)c2)cn1. The maximum Gasteiger partial charge on any atom is 0.261 e. The Morgan fingerprint density at radius 1 is 1.33 bits per heavy atom. The summed E-state index contributed by atoms with van der Waals surface area (Å²) in [7, 11) is -3.75. The van der Waals surface area contributed by atoms with Crippen molar-refractivity contribution < 1.29 is 13.2 Å². The van der Waals surface area contributed by atoms with Gasteiger partial charge in [0.25, 0.3) is 10.0 Å². The van der Waals surface area contributed by atoms with Crippen LogP contribution in [0.2, 0.25) is 5.02 Å². The van der Waals surface area contributed by atoms with Crippen LogP contribution in [-0.2, 0) is 10.0 Å². The number of rotatable bonds is 5. The summed E-state index contributed by atoms with van der Waals surface area (Å²) in [6.45, 7) is 2.32. The van der Waals surface area contributed by atoms with E-state index in [9.17, 15) is 8.42 Å². The zero-order chi connectivity index (χ0) is 15.5. The van der Waals surface area contributed by atoms with Crippen LogP contribution in [0.1, 0.15) is 6.92 Å². The highest BCUT2D eigenvalue weighted by Gasteiger charge is 2.15. The van der Waals surface area contributed by atoms with Crippen LogP contribution in [0.3, 0.4) is 0 Å². The average Bonchev–Trinajstić information content (AvgIpc) is 2.44. The lowest BCUT2D eigenvalue weighted by Gasteiger charge is -2.09. The molecule has 0 spiro atoms. The number of hydrogen-bond acceptors (Lipinski definition) is 5. The summed E-state index contributed by atoms with van der Waals surface area (Å²) in [5.41, 5.74) is 6.20. The number of aromatic nitrogens is 1. The van der Waals surface area contributed by atoms with Gasteiger partial charge >= 0.3 is 0 Å². The first-order valence-corrected chi connectivity index (χ1v) is 7.95. The summed E-state index contributed by atoms with van der Waals surface area (Å²) in [6.07, 6.45) is 1.38. The van der Waals surface area contributed by atoms with Gasteiger partial charge in [-0.15, -0.1) is 0 Å². The zero-order valence-electron chi connectivity index (χ0n) is 11.2. The Morgan fingerprint density at radius 3 is 2.67 bits per heavy atom. The molecule has 1 aromatic carbocycles. The van der Waals surface area contributed by atoms with Crippen molar-refractivity contribution in [2.24, 2.45) is 0 Å². The molecule has 1 heterocycles. The second kappa shape index (κ2) is 6.19. The van der Waals surface area contributed by atoms with E-state index in [0.29, 0.717) is 23.9 Å². The molecule has 0 amide bonds. The quantitative estimate of drug-likeness (QED) is 0.823. The Balaban J connectivity index is 2.22. The topological polar surface area (TPSA) is 94.3 Å². The van der Waals surface area contributed by atoms with Crippen LogP contribution in [0.15, 0.2) is 41.4 Å². The Kier molecular flexibility index (Phi) is 4.54. The molecule has 0 aliphatic rings. The van der Waals surface area contributed by atoms with Gasteiger partial charge in [-0.1, -0.05) is 11.6 Å². The van der Waals surface area contributed by atoms with Crippen molar-refractivity contribution in [2.75, 3.05) is 17.1 Å². The second-order valence-electron chi connectivity index (χ2n) is 4.11. The van der Waals surface area contributed by atoms with Gasteiger partial charge in [-0.2, -0.15) is 0 Å². The van der Waals surface area contributed by atoms with Crippen molar-refractivity contribution in [2.45, 2.75) is 11.8 Å². The molecule has 8 heteroatoms. The lowest BCUT2D eigenvalue weighted by molar-refractivity contribution is 0.327. The van der Waals surface area contributed by atoms with Gasteiger partial charge in [-0.3, -0.25) is 4.72 Å². The molecule has 0 atom stereocenters. The third-order valence-electron chi connectivity index (χ3n) is 2.56. The maximum atomic E-state index is 12.2.